The lowest BCUT2D eigenvalue weighted by atomic mass is 10.1. The van der Waals surface area contributed by atoms with Crippen LogP contribution in [0.4, 0.5) is 0 Å². The Morgan fingerprint density at radius 2 is 1.12 bits per heavy atom. The van der Waals surface area contributed by atoms with Gasteiger partial charge in [0.25, 0.3) is 0 Å². The van der Waals surface area contributed by atoms with Crippen LogP contribution in [0.2, 0.25) is 0 Å². The summed E-state index contributed by atoms with van der Waals surface area (Å²) in [5, 5.41) is 8.77. The molecule has 0 aliphatic carbocycles. The van der Waals surface area contributed by atoms with Crippen molar-refractivity contribution in [3.8, 4) is 0 Å². The standard InChI is InChI=1S/C36H60O4/c1-3-5-7-9-11-13-15-17-19-22-26-30-34(31-27-23-21-24-28-32-35(37)38)40-36(39)33-29-25-20-18-16-14-12-10-8-6-4-2/h5,7,10-13,17,19,26,30,34H,3-4,6,8-9,14-16,18,20-25,27-29,31-33H2,1-2H3,(H,37,38)/b7-5-,12-10-,13-11-,19-17-,30-26-. The molecule has 1 atom stereocenters. The number of aliphatic carboxylic acids is 1. The number of carbonyl (C=O) groups is 2. The average molecular weight is 557 g/mol. The van der Waals surface area contributed by atoms with Crippen LogP contribution in [0.25, 0.3) is 0 Å². The molecule has 1 unspecified atom stereocenters. The molecule has 4 nitrogen and oxygen atoms in total. The smallest absolute Gasteiger partial charge is 0.306 e. The topological polar surface area (TPSA) is 63.6 Å². The lowest BCUT2D eigenvalue weighted by Gasteiger charge is -2.14. The molecule has 0 aromatic rings. The number of carboxylic acids is 1. The van der Waals surface area contributed by atoms with Crippen molar-refractivity contribution in [3.63, 3.8) is 0 Å². The molecule has 0 aliphatic heterocycles. The fraction of sp³-hybridized carbons (Fsp3) is 0.667. The van der Waals surface area contributed by atoms with E-state index in [0.717, 1.165) is 77.0 Å². The van der Waals surface area contributed by atoms with Crippen LogP contribution in [0, 0.1) is 0 Å². The van der Waals surface area contributed by atoms with Crippen molar-refractivity contribution in [3.05, 3.63) is 60.8 Å². The molecule has 0 aromatic heterocycles. The maximum absolute atomic E-state index is 12.5. The summed E-state index contributed by atoms with van der Waals surface area (Å²) in [4.78, 5) is 23.2. The van der Waals surface area contributed by atoms with Gasteiger partial charge in [-0.1, -0.05) is 120 Å². The number of allylic oxidation sites excluding steroid dienone is 9. The lowest BCUT2D eigenvalue weighted by Crippen LogP contribution is -2.16. The van der Waals surface area contributed by atoms with Crippen LogP contribution in [-0.2, 0) is 14.3 Å². The van der Waals surface area contributed by atoms with E-state index in [9.17, 15) is 9.59 Å². The van der Waals surface area contributed by atoms with E-state index < -0.39 is 5.97 Å². The van der Waals surface area contributed by atoms with Gasteiger partial charge in [0.2, 0.25) is 0 Å². The Hall–Kier alpha value is -2.36. The van der Waals surface area contributed by atoms with Gasteiger partial charge in [-0.05, 0) is 76.7 Å². The van der Waals surface area contributed by atoms with Gasteiger partial charge in [-0.25, -0.2) is 0 Å². The van der Waals surface area contributed by atoms with Crippen LogP contribution < -0.4 is 0 Å². The summed E-state index contributed by atoms with van der Waals surface area (Å²) in [6.45, 7) is 4.37. The number of esters is 1. The first kappa shape index (κ1) is 37.6. The van der Waals surface area contributed by atoms with Crippen LogP contribution in [0.1, 0.15) is 149 Å². The summed E-state index contributed by atoms with van der Waals surface area (Å²) in [5.41, 5.74) is 0. The number of hydrogen-bond acceptors (Lipinski definition) is 3. The van der Waals surface area contributed by atoms with Crippen molar-refractivity contribution in [2.75, 3.05) is 0 Å². The van der Waals surface area contributed by atoms with Gasteiger partial charge >= 0.3 is 11.9 Å². The van der Waals surface area contributed by atoms with Crippen molar-refractivity contribution in [2.24, 2.45) is 0 Å². The van der Waals surface area contributed by atoms with E-state index in [1.807, 2.05) is 6.08 Å². The maximum Gasteiger partial charge on any atom is 0.306 e. The third-order valence-electron chi connectivity index (χ3n) is 6.71. The Morgan fingerprint density at radius 1 is 0.600 bits per heavy atom. The van der Waals surface area contributed by atoms with Gasteiger partial charge in [0, 0.05) is 12.8 Å². The molecule has 0 saturated heterocycles. The summed E-state index contributed by atoms with van der Waals surface area (Å²) in [7, 11) is 0. The number of ether oxygens (including phenoxy) is 1. The third kappa shape index (κ3) is 30.2. The molecule has 40 heavy (non-hydrogen) atoms. The first-order valence-corrected chi connectivity index (χ1v) is 16.3. The highest BCUT2D eigenvalue weighted by molar-refractivity contribution is 5.69. The predicted molar refractivity (Wildman–Crippen MR) is 172 cm³/mol. The number of carboxylic acid groups (broad SMARTS) is 1. The van der Waals surface area contributed by atoms with Gasteiger partial charge in [-0.2, -0.15) is 0 Å². The zero-order chi connectivity index (χ0) is 29.4. The first-order valence-electron chi connectivity index (χ1n) is 16.3. The molecule has 228 valence electrons. The second-order valence-corrected chi connectivity index (χ2v) is 10.6. The quantitative estimate of drug-likeness (QED) is 0.0591. The molecule has 0 heterocycles. The van der Waals surface area contributed by atoms with E-state index in [1.54, 1.807) is 0 Å². The monoisotopic (exact) mass is 556 g/mol. The van der Waals surface area contributed by atoms with Crippen LogP contribution >= 0.6 is 0 Å². The minimum absolute atomic E-state index is 0.0900. The van der Waals surface area contributed by atoms with Crippen molar-refractivity contribution in [1.29, 1.82) is 0 Å². The summed E-state index contributed by atoms with van der Waals surface area (Å²) >= 11 is 0. The number of carbonyl (C=O) groups excluding carboxylic acids is 1. The Bertz CT molecular complexity index is 729. The van der Waals surface area contributed by atoms with E-state index in [2.05, 4.69) is 68.5 Å². The highest BCUT2D eigenvalue weighted by Gasteiger charge is 2.11. The molecule has 0 fully saturated rings. The first-order chi connectivity index (χ1) is 19.6. The molecule has 0 radical (unpaired) electrons. The number of hydrogen-bond donors (Lipinski definition) is 1. The molecule has 0 aliphatic rings. The predicted octanol–water partition coefficient (Wildman–Crippen LogP) is 11.0. The average Bonchev–Trinajstić information content (AvgIpc) is 2.93. The van der Waals surface area contributed by atoms with Gasteiger partial charge in [0.05, 0.1) is 0 Å². The van der Waals surface area contributed by atoms with Crippen molar-refractivity contribution >= 4 is 11.9 Å². The number of rotatable bonds is 28. The highest BCUT2D eigenvalue weighted by atomic mass is 16.5. The molecule has 0 amide bonds. The van der Waals surface area contributed by atoms with Crippen LogP contribution in [-0.4, -0.2) is 23.1 Å². The molecule has 0 saturated carbocycles. The molecule has 1 N–H and O–H groups in total. The fourth-order valence-electron chi connectivity index (χ4n) is 4.31. The fourth-order valence-corrected chi connectivity index (χ4v) is 4.31. The highest BCUT2D eigenvalue weighted by Crippen LogP contribution is 2.14. The molecule has 0 bridgehead atoms. The normalized spacial score (nSPS) is 13.1. The molecule has 0 aromatic carbocycles. The van der Waals surface area contributed by atoms with Gasteiger partial charge in [-0.3, -0.25) is 9.59 Å². The zero-order valence-electron chi connectivity index (χ0n) is 25.9. The van der Waals surface area contributed by atoms with Crippen LogP contribution in [0.5, 0.6) is 0 Å². The van der Waals surface area contributed by atoms with E-state index in [-0.39, 0.29) is 18.5 Å². The molecule has 4 heteroatoms. The summed E-state index contributed by atoms with van der Waals surface area (Å²) in [6.07, 6.45) is 42.3. The van der Waals surface area contributed by atoms with Crippen molar-refractivity contribution in [1.82, 2.24) is 0 Å². The number of unbranched alkanes of at least 4 members (excludes halogenated alkanes) is 11. The van der Waals surface area contributed by atoms with Gasteiger partial charge in [0.1, 0.15) is 6.10 Å². The van der Waals surface area contributed by atoms with E-state index >= 15 is 0 Å². The summed E-state index contributed by atoms with van der Waals surface area (Å²) < 4.78 is 5.84. The van der Waals surface area contributed by atoms with Crippen molar-refractivity contribution < 1.29 is 19.4 Å². The minimum Gasteiger partial charge on any atom is -0.481 e. The zero-order valence-corrected chi connectivity index (χ0v) is 25.9. The van der Waals surface area contributed by atoms with E-state index in [4.69, 9.17) is 9.84 Å². The lowest BCUT2D eigenvalue weighted by molar-refractivity contribution is -0.147. The Balaban J connectivity index is 4.31. The molecule has 0 rings (SSSR count). The van der Waals surface area contributed by atoms with Crippen LogP contribution in [0.3, 0.4) is 0 Å². The maximum atomic E-state index is 12.5. The largest absolute Gasteiger partial charge is 0.481 e. The Labute approximate surface area is 246 Å². The van der Waals surface area contributed by atoms with Gasteiger partial charge < -0.3 is 9.84 Å². The second kappa shape index (κ2) is 31.2. The van der Waals surface area contributed by atoms with Gasteiger partial charge in [0.15, 0.2) is 0 Å². The third-order valence-corrected chi connectivity index (χ3v) is 6.71. The second-order valence-electron chi connectivity index (χ2n) is 10.6. The van der Waals surface area contributed by atoms with Crippen LogP contribution in [0.15, 0.2) is 60.8 Å². The Morgan fingerprint density at radius 3 is 1.75 bits per heavy atom. The molecule has 0 spiro atoms. The molecular weight excluding hydrogens is 496 g/mol. The SMILES string of the molecule is CC/C=C\C/C=C\C/C=C\C/C=C\C(CCCCCCCC(=O)O)OC(=O)CCCCCCC/C=C\CCCC. The summed E-state index contributed by atoms with van der Waals surface area (Å²) in [5.74, 6) is -0.811. The van der Waals surface area contributed by atoms with Crippen molar-refractivity contribution in [2.45, 2.75) is 155 Å². The van der Waals surface area contributed by atoms with E-state index in [0.29, 0.717) is 6.42 Å². The molecular formula is C36H60O4. The summed E-state index contributed by atoms with van der Waals surface area (Å²) in [6, 6.07) is 0. The minimum atomic E-state index is -0.721. The van der Waals surface area contributed by atoms with E-state index in [1.165, 1.54) is 44.9 Å². The Kier molecular flexibility index (Phi) is 29.3. The van der Waals surface area contributed by atoms with Gasteiger partial charge in [-0.15, -0.1) is 0 Å².